The minimum absolute atomic E-state index is 0.0461. The highest BCUT2D eigenvalue weighted by Gasteiger charge is 2.29. The number of hydrogen-bond donors (Lipinski definition) is 1. The molecule has 0 aliphatic carbocycles. The molecular weight excluding hydrogens is 274 g/mol. The number of carboxylic acid groups (broad SMARTS) is 1. The van der Waals surface area contributed by atoms with Crippen molar-refractivity contribution in [1.82, 2.24) is 15.0 Å². The maximum absolute atomic E-state index is 11.3. The number of thiophene rings is 1. The van der Waals surface area contributed by atoms with Gasteiger partial charge in [-0.05, 0) is 18.6 Å². The van der Waals surface area contributed by atoms with Crippen molar-refractivity contribution in [2.24, 2.45) is 0 Å². The molecule has 2 heterocycles. The number of rotatable bonds is 4. The highest BCUT2D eigenvalue weighted by atomic mass is 32.1. The quantitative estimate of drug-likeness (QED) is 0.941. The van der Waals surface area contributed by atoms with Crippen LogP contribution in [0.25, 0.3) is 0 Å². The predicted octanol–water partition coefficient (Wildman–Crippen LogP) is 2.95. The Labute approximate surface area is 122 Å². The molecule has 0 aliphatic rings. The third-order valence-electron chi connectivity index (χ3n) is 3.02. The molecule has 0 unspecified atom stereocenters. The molecule has 2 aromatic heterocycles. The highest BCUT2D eigenvalue weighted by Crippen LogP contribution is 2.26. The molecule has 0 spiro atoms. The summed E-state index contributed by atoms with van der Waals surface area (Å²) in [5, 5.41) is 17.1. The van der Waals surface area contributed by atoms with Crippen LogP contribution in [0.4, 0.5) is 0 Å². The SMILES string of the molecule is CCc1ccc(Cn2nnc(C(=O)O)c2C(C)(C)C)s1. The third kappa shape index (κ3) is 2.90. The first-order valence-corrected chi connectivity index (χ1v) is 7.39. The van der Waals surface area contributed by atoms with Crippen LogP contribution in [0, 0.1) is 0 Å². The van der Waals surface area contributed by atoms with Crippen LogP contribution in [0.15, 0.2) is 12.1 Å². The zero-order chi connectivity index (χ0) is 14.9. The molecule has 0 amide bonds. The summed E-state index contributed by atoms with van der Waals surface area (Å²) in [6.45, 7) is 8.60. The van der Waals surface area contributed by atoms with Crippen LogP contribution in [-0.4, -0.2) is 26.1 Å². The summed E-state index contributed by atoms with van der Waals surface area (Å²) in [5.74, 6) is -1.03. The lowest BCUT2D eigenvalue weighted by Crippen LogP contribution is -2.22. The summed E-state index contributed by atoms with van der Waals surface area (Å²) >= 11 is 1.73. The topological polar surface area (TPSA) is 68.0 Å². The monoisotopic (exact) mass is 293 g/mol. The fraction of sp³-hybridized carbons (Fsp3) is 0.500. The number of aromatic carboxylic acids is 1. The van der Waals surface area contributed by atoms with Crippen LogP contribution in [0.5, 0.6) is 0 Å². The maximum Gasteiger partial charge on any atom is 0.358 e. The molecule has 0 fully saturated rings. The Morgan fingerprint density at radius 1 is 1.35 bits per heavy atom. The maximum atomic E-state index is 11.3. The first-order chi connectivity index (χ1) is 9.32. The zero-order valence-corrected chi connectivity index (χ0v) is 13.0. The molecule has 0 saturated carbocycles. The van der Waals surface area contributed by atoms with E-state index < -0.39 is 5.97 Å². The van der Waals surface area contributed by atoms with E-state index in [9.17, 15) is 9.90 Å². The molecule has 0 aliphatic heterocycles. The van der Waals surface area contributed by atoms with Crippen molar-refractivity contribution in [3.05, 3.63) is 33.3 Å². The minimum atomic E-state index is -1.03. The number of nitrogens with zero attached hydrogens (tertiary/aromatic N) is 3. The van der Waals surface area contributed by atoms with Crippen molar-refractivity contribution < 1.29 is 9.90 Å². The molecule has 108 valence electrons. The molecule has 0 atom stereocenters. The van der Waals surface area contributed by atoms with Gasteiger partial charge in [0.15, 0.2) is 5.69 Å². The van der Waals surface area contributed by atoms with Crippen LogP contribution in [0.3, 0.4) is 0 Å². The number of aryl methyl sites for hydroxylation is 1. The van der Waals surface area contributed by atoms with Gasteiger partial charge in [-0.3, -0.25) is 0 Å². The molecule has 0 saturated heterocycles. The molecule has 0 aromatic carbocycles. The van der Waals surface area contributed by atoms with E-state index in [1.165, 1.54) is 4.88 Å². The molecule has 20 heavy (non-hydrogen) atoms. The van der Waals surface area contributed by atoms with Crippen LogP contribution < -0.4 is 0 Å². The van der Waals surface area contributed by atoms with Gasteiger partial charge >= 0.3 is 5.97 Å². The molecule has 1 N–H and O–H groups in total. The molecule has 5 nitrogen and oxygen atoms in total. The van der Waals surface area contributed by atoms with Crippen molar-refractivity contribution >= 4 is 17.3 Å². The Balaban J connectivity index is 2.39. The van der Waals surface area contributed by atoms with E-state index in [2.05, 4.69) is 29.4 Å². The van der Waals surface area contributed by atoms with E-state index >= 15 is 0 Å². The summed E-state index contributed by atoms with van der Waals surface area (Å²) in [6, 6.07) is 4.17. The summed E-state index contributed by atoms with van der Waals surface area (Å²) in [4.78, 5) is 13.7. The predicted molar refractivity (Wildman–Crippen MR) is 78.5 cm³/mol. The van der Waals surface area contributed by atoms with Crippen LogP contribution >= 0.6 is 11.3 Å². The van der Waals surface area contributed by atoms with E-state index in [1.54, 1.807) is 16.0 Å². The van der Waals surface area contributed by atoms with Crippen molar-refractivity contribution in [2.75, 3.05) is 0 Å². The second kappa shape index (κ2) is 5.36. The summed E-state index contributed by atoms with van der Waals surface area (Å²) < 4.78 is 1.70. The lowest BCUT2D eigenvalue weighted by atomic mass is 9.90. The normalized spacial score (nSPS) is 11.8. The van der Waals surface area contributed by atoms with Gasteiger partial charge in [-0.1, -0.05) is 32.9 Å². The summed E-state index contributed by atoms with van der Waals surface area (Å²) in [6.07, 6.45) is 1.01. The highest BCUT2D eigenvalue weighted by molar-refractivity contribution is 7.11. The standard InChI is InChI=1S/C14H19N3O2S/c1-5-9-6-7-10(20-9)8-17-12(14(2,3)4)11(13(18)19)15-16-17/h6-7H,5,8H2,1-4H3,(H,18,19). The Morgan fingerprint density at radius 3 is 2.50 bits per heavy atom. The third-order valence-corrected chi connectivity index (χ3v) is 4.23. The lowest BCUT2D eigenvalue weighted by molar-refractivity contribution is 0.0687. The Bertz CT molecular complexity index is 623. The Hall–Kier alpha value is -1.69. The van der Waals surface area contributed by atoms with Gasteiger partial charge < -0.3 is 5.11 Å². The van der Waals surface area contributed by atoms with Gasteiger partial charge in [0.05, 0.1) is 12.2 Å². The number of carboxylic acids is 1. The molecule has 6 heteroatoms. The van der Waals surface area contributed by atoms with E-state index in [0.717, 1.165) is 11.3 Å². The summed E-state index contributed by atoms with van der Waals surface area (Å²) in [7, 11) is 0. The molecular formula is C14H19N3O2S. The first kappa shape index (κ1) is 14.7. The molecule has 2 aromatic rings. The number of hydrogen-bond acceptors (Lipinski definition) is 4. The Kier molecular flexibility index (Phi) is 3.94. The molecule has 2 rings (SSSR count). The Morgan fingerprint density at radius 2 is 2.00 bits per heavy atom. The van der Waals surface area contributed by atoms with E-state index in [-0.39, 0.29) is 11.1 Å². The number of aromatic nitrogens is 3. The van der Waals surface area contributed by atoms with Crippen LogP contribution in [-0.2, 0) is 18.4 Å². The molecule has 0 bridgehead atoms. The largest absolute Gasteiger partial charge is 0.476 e. The average molecular weight is 293 g/mol. The zero-order valence-electron chi connectivity index (χ0n) is 12.2. The summed E-state index contributed by atoms with van der Waals surface area (Å²) in [5.41, 5.74) is 0.392. The van der Waals surface area contributed by atoms with E-state index in [0.29, 0.717) is 12.2 Å². The van der Waals surface area contributed by atoms with Gasteiger partial charge in [0.1, 0.15) is 0 Å². The van der Waals surface area contributed by atoms with Gasteiger partial charge in [-0.2, -0.15) is 0 Å². The van der Waals surface area contributed by atoms with Gasteiger partial charge in [0.25, 0.3) is 0 Å². The fourth-order valence-electron chi connectivity index (χ4n) is 2.16. The molecule has 0 radical (unpaired) electrons. The van der Waals surface area contributed by atoms with Gasteiger partial charge in [-0.25, -0.2) is 9.48 Å². The van der Waals surface area contributed by atoms with Gasteiger partial charge in [-0.15, -0.1) is 16.4 Å². The minimum Gasteiger partial charge on any atom is -0.476 e. The lowest BCUT2D eigenvalue weighted by Gasteiger charge is -2.20. The second-order valence-corrected chi connectivity index (χ2v) is 6.97. The first-order valence-electron chi connectivity index (χ1n) is 6.57. The van der Waals surface area contributed by atoms with Crippen molar-refractivity contribution in [3.63, 3.8) is 0 Å². The van der Waals surface area contributed by atoms with E-state index in [1.807, 2.05) is 20.8 Å². The van der Waals surface area contributed by atoms with Crippen LogP contribution in [0.1, 0.15) is 53.6 Å². The smallest absolute Gasteiger partial charge is 0.358 e. The van der Waals surface area contributed by atoms with E-state index in [4.69, 9.17) is 0 Å². The van der Waals surface area contributed by atoms with Gasteiger partial charge in [0, 0.05) is 15.2 Å². The van der Waals surface area contributed by atoms with Gasteiger partial charge in [0.2, 0.25) is 0 Å². The fourth-order valence-corrected chi connectivity index (χ4v) is 3.10. The van der Waals surface area contributed by atoms with Crippen molar-refractivity contribution in [1.29, 1.82) is 0 Å². The second-order valence-electron chi connectivity index (χ2n) is 5.72. The van der Waals surface area contributed by atoms with Crippen molar-refractivity contribution in [3.8, 4) is 0 Å². The van der Waals surface area contributed by atoms with Crippen molar-refractivity contribution in [2.45, 2.75) is 46.1 Å². The average Bonchev–Trinajstić information content (AvgIpc) is 2.95. The van der Waals surface area contributed by atoms with Crippen LogP contribution in [0.2, 0.25) is 0 Å². The number of carbonyl (C=O) groups is 1.